The molecule has 4 nitrogen and oxygen atoms in total. The number of benzene rings is 1. The first-order chi connectivity index (χ1) is 8.11. The van der Waals surface area contributed by atoms with Crippen LogP contribution in [0.15, 0.2) is 24.4 Å². The molecule has 2 aromatic rings. The van der Waals surface area contributed by atoms with Crippen LogP contribution in [-0.2, 0) is 0 Å². The van der Waals surface area contributed by atoms with Crippen LogP contribution in [0.5, 0.6) is 5.75 Å². The fourth-order valence-corrected chi connectivity index (χ4v) is 1.87. The summed E-state index contributed by atoms with van der Waals surface area (Å²) in [5.74, 6) is 0.803. The van der Waals surface area contributed by atoms with Crippen molar-refractivity contribution >= 4 is 10.9 Å². The molecule has 0 aliphatic heterocycles. The number of rotatable bonds is 4. The van der Waals surface area contributed by atoms with Gasteiger partial charge >= 0.3 is 0 Å². The Morgan fingerprint density at radius 3 is 2.82 bits per heavy atom. The first-order valence-electron chi connectivity index (χ1n) is 5.77. The molecule has 0 radical (unpaired) electrons. The molecule has 4 heteroatoms. The number of nitrogens with one attached hydrogen (secondary N) is 1. The van der Waals surface area contributed by atoms with Crippen molar-refractivity contribution in [2.24, 2.45) is 5.73 Å². The van der Waals surface area contributed by atoms with Crippen molar-refractivity contribution in [1.82, 2.24) is 4.98 Å². The number of aromatic nitrogens is 1. The van der Waals surface area contributed by atoms with Gasteiger partial charge < -0.3 is 20.6 Å². The molecule has 1 unspecified atom stereocenters. The van der Waals surface area contributed by atoms with Gasteiger partial charge in [-0.2, -0.15) is 0 Å². The van der Waals surface area contributed by atoms with Crippen molar-refractivity contribution in [3.63, 3.8) is 0 Å². The van der Waals surface area contributed by atoms with E-state index in [9.17, 15) is 5.11 Å². The molecular weight excluding hydrogens is 216 g/mol. The van der Waals surface area contributed by atoms with Gasteiger partial charge in [0.15, 0.2) is 0 Å². The molecule has 0 amide bonds. The van der Waals surface area contributed by atoms with Gasteiger partial charge in [-0.3, -0.25) is 0 Å². The molecule has 1 aromatic heterocycles. The van der Waals surface area contributed by atoms with Gasteiger partial charge in [0.05, 0.1) is 12.2 Å². The molecule has 1 atom stereocenters. The quantitative estimate of drug-likeness (QED) is 0.757. The van der Waals surface area contributed by atoms with Crippen LogP contribution in [0.1, 0.15) is 25.5 Å². The van der Waals surface area contributed by atoms with Gasteiger partial charge in [-0.1, -0.05) is 0 Å². The van der Waals surface area contributed by atoms with Crippen molar-refractivity contribution in [2.75, 3.05) is 6.54 Å². The average Bonchev–Trinajstić information content (AvgIpc) is 2.70. The summed E-state index contributed by atoms with van der Waals surface area (Å²) in [5, 5.41) is 10.8. The maximum Gasteiger partial charge on any atom is 0.120 e. The molecule has 2 rings (SSSR count). The van der Waals surface area contributed by atoms with Gasteiger partial charge in [0.25, 0.3) is 0 Å². The van der Waals surface area contributed by atoms with E-state index in [0.29, 0.717) is 0 Å². The average molecular weight is 234 g/mol. The van der Waals surface area contributed by atoms with Crippen molar-refractivity contribution in [3.05, 3.63) is 30.0 Å². The number of hydrogen-bond acceptors (Lipinski definition) is 3. The topological polar surface area (TPSA) is 71.3 Å². The van der Waals surface area contributed by atoms with Crippen LogP contribution < -0.4 is 10.5 Å². The molecule has 0 fully saturated rings. The first-order valence-corrected chi connectivity index (χ1v) is 5.77. The summed E-state index contributed by atoms with van der Waals surface area (Å²) in [4.78, 5) is 3.11. The summed E-state index contributed by atoms with van der Waals surface area (Å²) < 4.78 is 5.63. The third kappa shape index (κ3) is 2.43. The second-order valence-corrected chi connectivity index (χ2v) is 4.37. The van der Waals surface area contributed by atoms with Crippen LogP contribution in [0.4, 0.5) is 0 Å². The molecule has 0 spiro atoms. The highest BCUT2D eigenvalue weighted by Gasteiger charge is 2.12. The largest absolute Gasteiger partial charge is 0.491 e. The van der Waals surface area contributed by atoms with Gasteiger partial charge in [0.1, 0.15) is 5.75 Å². The van der Waals surface area contributed by atoms with Crippen LogP contribution in [0, 0.1) is 0 Å². The highest BCUT2D eigenvalue weighted by molar-refractivity contribution is 5.85. The van der Waals surface area contributed by atoms with Gasteiger partial charge in [0, 0.05) is 29.2 Å². The Morgan fingerprint density at radius 1 is 1.41 bits per heavy atom. The highest BCUT2D eigenvalue weighted by atomic mass is 16.5. The van der Waals surface area contributed by atoms with Crippen molar-refractivity contribution in [2.45, 2.75) is 26.1 Å². The first kappa shape index (κ1) is 12.0. The van der Waals surface area contributed by atoms with Gasteiger partial charge in [0.2, 0.25) is 0 Å². The number of nitrogens with two attached hydrogens (primary N) is 1. The number of aliphatic hydroxyl groups is 1. The van der Waals surface area contributed by atoms with Crippen LogP contribution >= 0.6 is 0 Å². The zero-order valence-corrected chi connectivity index (χ0v) is 10.1. The Kier molecular flexibility index (Phi) is 3.36. The molecule has 17 heavy (non-hydrogen) atoms. The standard InChI is InChI=1S/C13H18N2O2/c1-8(2)17-9-3-4-12-10(5-9)11(7-15-12)13(16)6-14/h3-5,7-8,13,15-16H,6,14H2,1-2H3. The van der Waals surface area contributed by atoms with E-state index < -0.39 is 6.10 Å². The van der Waals surface area contributed by atoms with E-state index in [0.717, 1.165) is 22.2 Å². The lowest BCUT2D eigenvalue weighted by atomic mass is 10.1. The Balaban J connectivity index is 2.43. The fourth-order valence-electron chi connectivity index (χ4n) is 1.87. The molecule has 0 saturated heterocycles. The molecule has 4 N–H and O–H groups in total. The van der Waals surface area contributed by atoms with E-state index in [2.05, 4.69) is 4.98 Å². The smallest absolute Gasteiger partial charge is 0.120 e. The summed E-state index contributed by atoms with van der Waals surface area (Å²) in [5.41, 5.74) is 7.27. The third-order valence-electron chi connectivity index (χ3n) is 2.64. The summed E-state index contributed by atoms with van der Waals surface area (Å²) in [6.07, 6.45) is 1.29. The Morgan fingerprint density at radius 2 is 2.18 bits per heavy atom. The SMILES string of the molecule is CC(C)Oc1ccc2[nH]cc(C(O)CN)c2c1. The number of aliphatic hydroxyl groups excluding tert-OH is 1. The van der Waals surface area contributed by atoms with Crippen molar-refractivity contribution in [1.29, 1.82) is 0 Å². The van der Waals surface area contributed by atoms with E-state index in [1.165, 1.54) is 0 Å². The van der Waals surface area contributed by atoms with Crippen LogP contribution in [0.3, 0.4) is 0 Å². The Labute approximate surface area is 100 Å². The number of fused-ring (bicyclic) bond motifs is 1. The van der Waals surface area contributed by atoms with E-state index >= 15 is 0 Å². The Hall–Kier alpha value is -1.52. The van der Waals surface area contributed by atoms with Gasteiger partial charge in [-0.15, -0.1) is 0 Å². The predicted octanol–water partition coefficient (Wildman–Crippen LogP) is 1.95. The minimum absolute atomic E-state index is 0.134. The molecule has 0 aliphatic carbocycles. The molecule has 92 valence electrons. The van der Waals surface area contributed by atoms with Crippen LogP contribution in [0.25, 0.3) is 10.9 Å². The summed E-state index contributed by atoms with van der Waals surface area (Å²) in [6, 6.07) is 5.79. The fraction of sp³-hybridized carbons (Fsp3) is 0.385. The minimum atomic E-state index is -0.641. The second kappa shape index (κ2) is 4.77. The monoisotopic (exact) mass is 234 g/mol. The van der Waals surface area contributed by atoms with E-state index in [-0.39, 0.29) is 12.6 Å². The second-order valence-electron chi connectivity index (χ2n) is 4.37. The molecule has 1 heterocycles. The maximum atomic E-state index is 9.80. The maximum absolute atomic E-state index is 9.80. The normalized spacial score (nSPS) is 13.2. The Bertz CT molecular complexity index is 505. The molecular formula is C13H18N2O2. The lowest BCUT2D eigenvalue weighted by molar-refractivity contribution is 0.188. The van der Waals surface area contributed by atoms with Crippen molar-refractivity contribution < 1.29 is 9.84 Å². The van der Waals surface area contributed by atoms with E-state index in [4.69, 9.17) is 10.5 Å². The van der Waals surface area contributed by atoms with Crippen LogP contribution in [0.2, 0.25) is 0 Å². The van der Waals surface area contributed by atoms with Crippen molar-refractivity contribution in [3.8, 4) is 5.75 Å². The summed E-state index contributed by atoms with van der Waals surface area (Å²) >= 11 is 0. The number of hydrogen-bond donors (Lipinski definition) is 3. The van der Waals surface area contributed by atoms with Gasteiger partial charge in [-0.25, -0.2) is 0 Å². The van der Waals surface area contributed by atoms with E-state index in [1.54, 1.807) is 6.20 Å². The third-order valence-corrected chi connectivity index (χ3v) is 2.64. The molecule has 0 aliphatic rings. The number of ether oxygens (including phenoxy) is 1. The molecule has 1 aromatic carbocycles. The molecule has 0 bridgehead atoms. The lowest BCUT2D eigenvalue weighted by Gasteiger charge is -2.10. The molecule has 0 saturated carbocycles. The highest BCUT2D eigenvalue weighted by Crippen LogP contribution is 2.27. The van der Waals surface area contributed by atoms with E-state index in [1.807, 2.05) is 32.0 Å². The predicted molar refractivity (Wildman–Crippen MR) is 68.1 cm³/mol. The van der Waals surface area contributed by atoms with Crippen LogP contribution in [-0.4, -0.2) is 22.7 Å². The van der Waals surface area contributed by atoms with Gasteiger partial charge in [-0.05, 0) is 32.0 Å². The zero-order chi connectivity index (χ0) is 12.4. The summed E-state index contributed by atoms with van der Waals surface area (Å²) in [6.45, 7) is 4.18. The zero-order valence-electron chi connectivity index (χ0n) is 10.1. The lowest BCUT2D eigenvalue weighted by Crippen LogP contribution is -2.11. The minimum Gasteiger partial charge on any atom is -0.491 e. The summed E-state index contributed by atoms with van der Waals surface area (Å²) in [7, 11) is 0. The number of H-pyrrole nitrogens is 1. The number of aromatic amines is 1.